The average molecular weight is 395 g/mol. The van der Waals surface area contributed by atoms with E-state index in [0.717, 1.165) is 5.56 Å². The van der Waals surface area contributed by atoms with Crippen LogP contribution in [0.5, 0.6) is 0 Å². The van der Waals surface area contributed by atoms with Crippen molar-refractivity contribution in [3.63, 3.8) is 0 Å². The molecule has 0 aromatic heterocycles. The second-order valence-corrected chi connectivity index (χ2v) is 8.62. The quantitative estimate of drug-likeness (QED) is 0.758. The van der Waals surface area contributed by atoms with E-state index in [1.807, 2.05) is 23.1 Å². The highest BCUT2D eigenvalue weighted by Gasteiger charge is 2.67. The highest BCUT2D eigenvalue weighted by Crippen LogP contribution is 2.52. The van der Waals surface area contributed by atoms with Gasteiger partial charge in [-0.3, -0.25) is 14.4 Å². The number of carbonyl (C=O) groups is 3. The van der Waals surface area contributed by atoms with Crippen molar-refractivity contribution < 1.29 is 19.1 Å². The number of hydrogen-bond acceptors (Lipinski definition) is 4. The molecule has 4 aliphatic heterocycles. The molecule has 1 spiro atoms. The van der Waals surface area contributed by atoms with E-state index >= 15 is 0 Å². The summed E-state index contributed by atoms with van der Waals surface area (Å²) in [7, 11) is 0. The number of ether oxygens (including phenoxy) is 1. The van der Waals surface area contributed by atoms with Crippen LogP contribution in [-0.4, -0.2) is 65.4 Å². The summed E-state index contributed by atoms with van der Waals surface area (Å²) in [4.78, 5) is 41.7. The van der Waals surface area contributed by atoms with Gasteiger partial charge in [-0.15, -0.1) is 0 Å². The van der Waals surface area contributed by atoms with E-state index in [1.165, 1.54) is 11.1 Å². The van der Waals surface area contributed by atoms with E-state index in [0.29, 0.717) is 26.2 Å². The Kier molecular flexibility index (Phi) is 4.07. The van der Waals surface area contributed by atoms with Gasteiger partial charge in [0.1, 0.15) is 5.60 Å². The average Bonchev–Trinajstić information content (AvgIpc) is 3.33. The highest BCUT2D eigenvalue weighted by atomic mass is 16.5. The molecule has 0 radical (unpaired) electrons. The lowest BCUT2D eigenvalue weighted by Gasteiger charge is -2.32. The lowest BCUT2D eigenvalue weighted by atomic mass is 9.76. The maximum atomic E-state index is 13.4. The third-order valence-corrected chi connectivity index (χ3v) is 6.76. The molecule has 2 bridgehead atoms. The maximum absolute atomic E-state index is 13.4. The molecule has 1 aromatic rings. The number of amides is 3. The summed E-state index contributed by atoms with van der Waals surface area (Å²) in [6, 6.07) is 6.22. The van der Waals surface area contributed by atoms with Crippen molar-refractivity contribution in [2.24, 2.45) is 11.8 Å². The number of aryl methyl sites for hydroxylation is 2. The van der Waals surface area contributed by atoms with Crippen LogP contribution in [0, 0.1) is 25.7 Å². The molecule has 0 saturated carbocycles. The second-order valence-electron chi connectivity index (χ2n) is 8.62. The monoisotopic (exact) mass is 395 g/mol. The van der Waals surface area contributed by atoms with Gasteiger partial charge in [0.05, 0.1) is 31.0 Å². The number of nitrogens with zero attached hydrogens (tertiary/aromatic N) is 2. The van der Waals surface area contributed by atoms with Gasteiger partial charge in [-0.2, -0.15) is 0 Å². The van der Waals surface area contributed by atoms with Crippen molar-refractivity contribution in [3.8, 4) is 0 Å². The topological polar surface area (TPSA) is 79.0 Å². The van der Waals surface area contributed by atoms with E-state index in [2.05, 4.69) is 31.3 Å². The minimum absolute atomic E-state index is 0.0325. The zero-order valence-electron chi connectivity index (χ0n) is 16.7. The number of benzene rings is 1. The standard InChI is InChI=1S/C22H25N3O4/c1-13-3-4-15(9-14(13)2)10-25-12-22-6-5-16(29-22)18(19(22)21(25)28)20(27)24-8-7-23-17(26)11-24/h3-6,9,16,18-19H,7-8,10-12H2,1-2H3,(H,23,26)/t16-,18+,19-,22-/m0/s1. The minimum Gasteiger partial charge on any atom is -0.360 e. The van der Waals surface area contributed by atoms with Crippen molar-refractivity contribution in [1.29, 1.82) is 0 Å². The van der Waals surface area contributed by atoms with Gasteiger partial charge < -0.3 is 19.9 Å². The van der Waals surface area contributed by atoms with E-state index in [4.69, 9.17) is 4.74 Å². The normalized spacial score (nSPS) is 32.7. The molecular weight excluding hydrogens is 370 g/mol. The number of fused-ring (bicyclic) bond motifs is 1. The SMILES string of the molecule is Cc1ccc(CN2C[C@]34C=C[C@H](O3)[C@@H](C(=O)N3CCNC(=O)C3)[C@H]4C2=O)cc1C. The van der Waals surface area contributed by atoms with Gasteiger partial charge in [-0.25, -0.2) is 0 Å². The summed E-state index contributed by atoms with van der Waals surface area (Å²) >= 11 is 0. The van der Waals surface area contributed by atoms with E-state index < -0.39 is 17.4 Å². The molecule has 1 aromatic carbocycles. The molecular formula is C22H25N3O4. The first-order chi connectivity index (χ1) is 13.9. The van der Waals surface area contributed by atoms with Gasteiger partial charge in [-0.1, -0.05) is 30.4 Å². The lowest BCUT2D eigenvalue weighted by molar-refractivity contribution is -0.146. The first-order valence-corrected chi connectivity index (χ1v) is 10.2. The van der Waals surface area contributed by atoms with Gasteiger partial charge in [0.2, 0.25) is 17.7 Å². The van der Waals surface area contributed by atoms with Crippen LogP contribution in [0.2, 0.25) is 0 Å². The molecule has 7 heteroatoms. The molecule has 7 nitrogen and oxygen atoms in total. The second kappa shape index (κ2) is 6.42. The molecule has 4 heterocycles. The fourth-order valence-electron chi connectivity index (χ4n) is 5.15. The van der Waals surface area contributed by atoms with Crippen LogP contribution in [0.15, 0.2) is 30.4 Å². The van der Waals surface area contributed by atoms with Crippen LogP contribution in [0.3, 0.4) is 0 Å². The van der Waals surface area contributed by atoms with Crippen molar-refractivity contribution >= 4 is 17.7 Å². The van der Waals surface area contributed by atoms with E-state index in [1.54, 1.807) is 4.90 Å². The number of piperazine rings is 1. The molecule has 3 amide bonds. The van der Waals surface area contributed by atoms with Crippen LogP contribution in [-0.2, 0) is 25.7 Å². The summed E-state index contributed by atoms with van der Waals surface area (Å²) in [5.74, 6) is -1.41. The van der Waals surface area contributed by atoms with Crippen LogP contribution in [0.25, 0.3) is 0 Å². The summed E-state index contributed by atoms with van der Waals surface area (Å²) < 4.78 is 6.19. The van der Waals surface area contributed by atoms with E-state index in [9.17, 15) is 14.4 Å². The molecule has 152 valence electrons. The van der Waals surface area contributed by atoms with Gasteiger partial charge in [-0.05, 0) is 30.5 Å². The molecule has 3 fully saturated rings. The lowest BCUT2D eigenvalue weighted by Crippen LogP contribution is -2.54. The predicted octanol–water partition coefficient (Wildman–Crippen LogP) is 0.544. The van der Waals surface area contributed by atoms with Gasteiger partial charge >= 0.3 is 0 Å². The summed E-state index contributed by atoms with van der Waals surface area (Å²) in [6.07, 6.45) is 3.49. The van der Waals surface area contributed by atoms with Crippen LogP contribution in [0.1, 0.15) is 16.7 Å². The number of rotatable bonds is 3. The Labute approximate surface area is 169 Å². The Morgan fingerprint density at radius 2 is 2.10 bits per heavy atom. The molecule has 29 heavy (non-hydrogen) atoms. The van der Waals surface area contributed by atoms with Gasteiger partial charge in [0.25, 0.3) is 0 Å². The van der Waals surface area contributed by atoms with Gasteiger partial charge in [0, 0.05) is 19.6 Å². The largest absolute Gasteiger partial charge is 0.360 e. The maximum Gasteiger partial charge on any atom is 0.239 e. The fourth-order valence-corrected chi connectivity index (χ4v) is 5.15. The molecule has 1 N–H and O–H groups in total. The Morgan fingerprint density at radius 3 is 2.86 bits per heavy atom. The Morgan fingerprint density at radius 1 is 1.28 bits per heavy atom. The van der Waals surface area contributed by atoms with Crippen LogP contribution in [0.4, 0.5) is 0 Å². The molecule has 3 saturated heterocycles. The first kappa shape index (κ1) is 18.4. The Hall–Kier alpha value is -2.67. The zero-order valence-corrected chi connectivity index (χ0v) is 16.7. The zero-order chi connectivity index (χ0) is 20.3. The third-order valence-electron chi connectivity index (χ3n) is 6.76. The third kappa shape index (κ3) is 2.79. The number of likely N-dealkylation sites (tertiary alicyclic amines) is 1. The number of carbonyl (C=O) groups excluding carboxylic acids is 3. The number of nitrogens with one attached hydrogen (secondary N) is 1. The first-order valence-electron chi connectivity index (χ1n) is 10.2. The van der Waals surface area contributed by atoms with Crippen molar-refractivity contribution in [2.75, 3.05) is 26.2 Å². The Balaban J connectivity index is 1.39. The minimum atomic E-state index is -0.722. The molecule has 0 aliphatic carbocycles. The fraction of sp³-hybridized carbons (Fsp3) is 0.500. The Bertz CT molecular complexity index is 942. The predicted molar refractivity (Wildman–Crippen MR) is 105 cm³/mol. The number of hydrogen-bond donors (Lipinski definition) is 1. The molecule has 4 atom stereocenters. The van der Waals surface area contributed by atoms with Crippen LogP contribution >= 0.6 is 0 Å². The molecule has 5 rings (SSSR count). The van der Waals surface area contributed by atoms with Crippen molar-refractivity contribution in [2.45, 2.75) is 32.1 Å². The van der Waals surface area contributed by atoms with E-state index in [-0.39, 0.29) is 30.4 Å². The van der Waals surface area contributed by atoms with Crippen molar-refractivity contribution in [1.82, 2.24) is 15.1 Å². The highest BCUT2D eigenvalue weighted by molar-refractivity contribution is 5.94. The summed E-state index contributed by atoms with van der Waals surface area (Å²) in [6.45, 7) is 6.06. The summed E-state index contributed by atoms with van der Waals surface area (Å²) in [5, 5.41) is 2.73. The van der Waals surface area contributed by atoms with Crippen molar-refractivity contribution in [3.05, 3.63) is 47.0 Å². The smallest absolute Gasteiger partial charge is 0.239 e. The molecule has 4 aliphatic rings. The van der Waals surface area contributed by atoms with Gasteiger partial charge in [0.15, 0.2) is 0 Å². The van der Waals surface area contributed by atoms with Crippen LogP contribution < -0.4 is 5.32 Å². The summed E-state index contributed by atoms with van der Waals surface area (Å²) in [5.41, 5.74) is 2.77. The molecule has 0 unspecified atom stereocenters.